The van der Waals surface area contributed by atoms with Crippen LogP contribution in [0.15, 0.2) is 30.3 Å². The molecule has 0 saturated carbocycles. The molecule has 0 aliphatic carbocycles. The summed E-state index contributed by atoms with van der Waals surface area (Å²) >= 11 is 0. The molecule has 1 fully saturated rings. The van der Waals surface area contributed by atoms with Gasteiger partial charge in [-0.15, -0.1) is 5.54 Å². The lowest BCUT2D eigenvalue weighted by Gasteiger charge is -2.02. The Hall–Kier alpha value is -1.04. The van der Waals surface area contributed by atoms with Crippen molar-refractivity contribution in [3.63, 3.8) is 0 Å². The van der Waals surface area contributed by atoms with Crippen LogP contribution < -0.4 is 5.32 Å². The maximum atomic E-state index is 3.41. The predicted octanol–water partition coefficient (Wildman–Crippen LogP) is 2.58. The number of rotatable bonds is 1. The second-order valence-electron chi connectivity index (χ2n) is 5.05. The second-order valence-corrected chi connectivity index (χ2v) is 9.80. The Balaban J connectivity index is 2.00. The molecule has 2 heteroatoms. The molecule has 1 aliphatic heterocycles. The van der Waals surface area contributed by atoms with E-state index in [1.165, 1.54) is 5.56 Å². The normalized spacial score (nSPS) is 24.2. The van der Waals surface area contributed by atoms with Gasteiger partial charge in [0.25, 0.3) is 0 Å². The van der Waals surface area contributed by atoms with Crippen LogP contribution in [0.1, 0.15) is 11.6 Å². The highest BCUT2D eigenvalue weighted by atomic mass is 28.3. The zero-order valence-electron chi connectivity index (χ0n) is 9.54. The molecule has 0 amide bonds. The molecule has 0 unspecified atom stereocenters. The van der Waals surface area contributed by atoms with Crippen molar-refractivity contribution < 1.29 is 0 Å². The third-order valence-corrected chi connectivity index (χ3v) is 3.24. The van der Waals surface area contributed by atoms with Gasteiger partial charge in [-0.3, -0.25) is 5.32 Å². The van der Waals surface area contributed by atoms with E-state index in [2.05, 4.69) is 66.8 Å². The van der Waals surface area contributed by atoms with E-state index in [4.69, 9.17) is 0 Å². The first kappa shape index (κ1) is 10.5. The largest absolute Gasteiger partial charge is 0.293 e. The van der Waals surface area contributed by atoms with E-state index in [0.29, 0.717) is 12.1 Å². The van der Waals surface area contributed by atoms with Crippen LogP contribution in [0.5, 0.6) is 0 Å². The SMILES string of the molecule is C[Si](C)(C)C#C[C@@H]1N[C@H]1c1ccccc1. The average Bonchev–Trinajstić information content (AvgIpc) is 2.94. The van der Waals surface area contributed by atoms with Crippen molar-refractivity contribution in [3.05, 3.63) is 35.9 Å². The van der Waals surface area contributed by atoms with Crippen LogP contribution >= 0.6 is 0 Å². The predicted molar refractivity (Wildman–Crippen MR) is 67.2 cm³/mol. The fourth-order valence-electron chi connectivity index (χ4n) is 1.51. The van der Waals surface area contributed by atoms with Gasteiger partial charge in [-0.1, -0.05) is 55.9 Å². The minimum atomic E-state index is -1.21. The standard InChI is InChI=1S/C13H17NSi/c1-15(2,3)10-9-12-13(14-12)11-7-5-4-6-8-11/h4-8,12-14H,1-3H3/t12-,13-/m0/s1. The molecule has 1 saturated heterocycles. The number of hydrogen-bond acceptors (Lipinski definition) is 1. The third-order valence-electron chi connectivity index (χ3n) is 2.34. The fourth-order valence-corrected chi connectivity index (χ4v) is 2.09. The minimum Gasteiger partial charge on any atom is -0.293 e. The fraction of sp³-hybridized carbons (Fsp3) is 0.385. The summed E-state index contributed by atoms with van der Waals surface area (Å²) in [6.45, 7) is 6.83. The Morgan fingerprint density at radius 2 is 1.80 bits per heavy atom. The van der Waals surface area contributed by atoms with Gasteiger partial charge in [0.15, 0.2) is 0 Å². The third kappa shape index (κ3) is 2.95. The van der Waals surface area contributed by atoms with Crippen molar-refractivity contribution in [3.8, 4) is 11.5 Å². The van der Waals surface area contributed by atoms with Crippen LogP contribution in [0.2, 0.25) is 19.6 Å². The Kier molecular flexibility index (Phi) is 2.68. The highest BCUT2D eigenvalue weighted by Gasteiger charge is 2.35. The molecule has 1 nitrogen and oxygen atoms in total. The van der Waals surface area contributed by atoms with Crippen molar-refractivity contribution >= 4 is 8.07 Å². The molecule has 2 atom stereocenters. The molecule has 1 aromatic carbocycles. The lowest BCUT2D eigenvalue weighted by atomic mass is 10.1. The van der Waals surface area contributed by atoms with E-state index < -0.39 is 8.07 Å². The monoisotopic (exact) mass is 215 g/mol. The van der Waals surface area contributed by atoms with Gasteiger partial charge in [-0.25, -0.2) is 0 Å². The Morgan fingerprint density at radius 3 is 2.40 bits per heavy atom. The number of benzene rings is 1. The highest BCUT2D eigenvalue weighted by molar-refractivity contribution is 6.83. The van der Waals surface area contributed by atoms with E-state index >= 15 is 0 Å². The first-order chi connectivity index (χ1) is 7.06. The molecule has 0 radical (unpaired) electrons. The van der Waals surface area contributed by atoms with E-state index in [1.54, 1.807) is 0 Å². The molecule has 1 N–H and O–H groups in total. The Labute approximate surface area is 92.9 Å². The Morgan fingerprint density at radius 1 is 1.13 bits per heavy atom. The summed E-state index contributed by atoms with van der Waals surface area (Å²) < 4.78 is 0. The summed E-state index contributed by atoms with van der Waals surface area (Å²) in [6.07, 6.45) is 0. The number of hydrogen-bond donors (Lipinski definition) is 1. The smallest absolute Gasteiger partial charge is 0.129 e. The van der Waals surface area contributed by atoms with Gasteiger partial charge < -0.3 is 0 Å². The summed E-state index contributed by atoms with van der Waals surface area (Å²) in [5.74, 6) is 3.35. The second kappa shape index (κ2) is 3.84. The lowest BCUT2D eigenvalue weighted by Crippen LogP contribution is -2.16. The number of nitrogens with one attached hydrogen (secondary N) is 1. The van der Waals surface area contributed by atoms with Gasteiger partial charge in [0.1, 0.15) is 8.07 Å². The first-order valence-corrected chi connectivity index (χ1v) is 8.90. The molecule has 0 aromatic heterocycles. The van der Waals surface area contributed by atoms with Crippen molar-refractivity contribution in [2.45, 2.75) is 31.7 Å². The highest BCUT2D eigenvalue weighted by Crippen LogP contribution is 2.28. The summed E-state index contributed by atoms with van der Waals surface area (Å²) in [5.41, 5.74) is 4.76. The van der Waals surface area contributed by atoms with Crippen LogP contribution in [0, 0.1) is 11.5 Å². The van der Waals surface area contributed by atoms with Gasteiger partial charge >= 0.3 is 0 Å². The zero-order valence-corrected chi connectivity index (χ0v) is 10.5. The molecule has 15 heavy (non-hydrogen) atoms. The van der Waals surface area contributed by atoms with Gasteiger partial charge in [-0.2, -0.15) is 0 Å². The van der Waals surface area contributed by atoms with Gasteiger partial charge in [-0.05, 0) is 5.56 Å². The van der Waals surface area contributed by atoms with E-state index in [-0.39, 0.29) is 0 Å². The maximum Gasteiger partial charge on any atom is 0.129 e. The van der Waals surface area contributed by atoms with Crippen LogP contribution in [0.3, 0.4) is 0 Å². The van der Waals surface area contributed by atoms with Crippen LogP contribution in [0.25, 0.3) is 0 Å². The minimum absolute atomic E-state index is 0.388. The first-order valence-electron chi connectivity index (χ1n) is 5.40. The molecule has 0 spiro atoms. The summed E-state index contributed by atoms with van der Waals surface area (Å²) in [6, 6.07) is 11.4. The summed E-state index contributed by atoms with van der Waals surface area (Å²) in [7, 11) is -1.21. The van der Waals surface area contributed by atoms with Gasteiger partial charge in [0, 0.05) is 0 Å². The molecule has 78 valence electrons. The van der Waals surface area contributed by atoms with Gasteiger partial charge in [0.2, 0.25) is 0 Å². The van der Waals surface area contributed by atoms with Crippen molar-refractivity contribution in [1.82, 2.24) is 5.32 Å². The van der Waals surface area contributed by atoms with E-state index in [0.717, 1.165) is 0 Å². The maximum absolute atomic E-state index is 3.41. The molecular formula is C13H17NSi. The Bertz CT molecular complexity index is 394. The summed E-state index contributed by atoms with van der Waals surface area (Å²) in [4.78, 5) is 0. The van der Waals surface area contributed by atoms with E-state index in [1.807, 2.05) is 0 Å². The molecule has 2 rings (SSSR count). The van der Waals surface area contributed by atoms with Crippen LogP contribution in [0.4, 0.5) is 0 Å². The van der Waals surface area contributed by atoms with Crippen LogP contribution in [-0.2, 0) is 0 Å². The molecular weight excluding hydrogens is 198 g/mol. The molecule has 1 aromatic rings. The van der Waals surface area contributed by atoms with Crippen molar-refractivity contribution in [1.29, 1.82) is 0 Å². The summed E-state index contributed by atoms with van der Waals surface area (Å²) in [5, 5.41) is 3.41. The molecule has 1 heterocycles. The van der Waals surface area contributed by atoms with Crippen molar-refractivity contribution in [2.24, 2.45) is 0 Å². The zero-order chi connectivity index (χ0) is 10.9. The average molecular weight is 215 g/mol. The molecule has 0 bridgehead atoms. The van der Waals surface area contributed by atoms with Crippen LogP contribution in [-0.4, -0.2) is 14.1 Å². The quantitative estimate of drug-likeness (QED) is 0.434. The van der Waals surface area contributed by atoms with E-state index in [9.17, 15) is 0 Å². The lowest BCUT2D eigenvalue weighted by molar-refractivity contribution is 1.07. The van der Waals surface area contributed by atoms with Gasteiger partial charge in [0.05, 0.1) is 12.1 Å². The topological polar surface area (TPSA) is 21.9 Å². The molecule has 1 aliphatic rings. The van der Waals surface area contributed by atoms with Crippen molar-refractivity contribution in [2.75, 3.05) is 0 Å².